The lowest BCUT2D eigenvalue weighted by Gasteiger charge is -2.26. The highest BCUT2D eigenvalue weighted by Crippen LogP contribution is 2.21. The van der Waals surface area contributed by atoms with Gasteiger partial charge in [-0.2, -0.15) is 5.26 Å². The van der Waals surface area contributed by atoms with Gasteiger partial charge in [-0.1, -0.05) is 36.4 Å². The molecule has 1 heterocycles. The molecule has 3 heteroatoms. The highest BCUT2D eigenvalue weighted by molar-refractivity contribution is 5.66. The van der Waals surface area contributed by atoms with Crippen molar-refractivity contribution in [1.29, 1.82) is 5.26 Å². The molecule has 0 unspecified atom stereocenters. The zero-order chi connectivity index (χ0) is 15.9. The fourth-order valence-electron chi connectivity index (χ4n) is 2.75. The van der Waals surface area contributed by atoms with Gasteiger partial charge in [0.1, 0.15) is 12.4 Å². The van der Waals surface area contributed by atoms with Crippen LogP contribution >= 0.6 is 0 Å². The van der Waals surface area contributed by atoms with E-state index in [4.69, 9.17) is 10.00 Å². The molecule has 0 aliphatic carbocycles. The van der Waals surface area contributed by atoms with Gasteiger partial charge in [0.15, 0.2) is 0 Å². The minimum atomic E-state index is 0.659. The molecular weight excluding hydrogens is 284 g/mol. The second-order valence-corrected chi connectivity index (χ2v) is 5.63. The summed E-state index contributed by atoms with van der Waals surface area (Å²) in [7, 11) is 0. The van der Waals surface area contributed by atoms with E-state index >= 15 is 0 Å². The maximum absolute atomic E-state index is 8.78. The summed E-state index contributed by atoms with van der Waals surface area (Å²) in [5, 5.41) is 8.78. The normalized spacial score (nSPS) is 14.8. The Morgan fingerprint density at radius 1 is 1.04 bits per heavy atom. The predicted molar refractivity (Wildman–Crippen MR) is 92.1 cm³/mol. The smallest absolute Gasteiger partial charge is 0.119 e. The van der Waals surface area contributed by atoms with Gasteiger partial charge in [0.25, 0.3) is 0 Å². The molecule has 2 aromatic rings. The van der Waals surface area contributed by atoms with Crippen LogP contribution in [0, 0.1) is 11.3 Å². The van der Waals surface area contributed by atoms with Crippen molar-refractivity contribution in [2.45, 2.75) is 6.42 Å². The van der Waals surface area contributed by atoms with Crippen LogP contribution in [0.15, 0.2) is 60.7 Å². The summed E-state index contributed by atoms with van der Waals surface area (Å²) in [6.07, 6.45) is 3.40. The number of ether oxygens (including phenoxy) is 1. The minimum Gasteiger partial charge on any atom is -0.492 e. The molecule has 3 nitrogen and oxygen atoms in total. The second kappa shape index (κ2) is 7.62. The van der Waals surface area contributed by atoms with E-state index in [9.17, 15) is 0 Å². The van der Waals surface area contributed by atoms with Gasteiger partial charge in [-0.25, -0.2) is 0 Å². The summed E-state index contributed by atoms with van der Waals surface area (Å²) in [4.78, 5) is 2.40. The Morgan fingerprint density at radius 3 is 2.48 bits per heavy atom. The third kappa shape index (κ3) is 4.21. The molecule has 0 fully saturated rings. The molecule has 116 valence electrons. The molecule has 0 amide bonds. The number of rotatable bonds is 5. The summed E-state index contributed by atoms with van der Waals surface area (Å²) < 4.78 is 5.75. The van der Waals surface area contributed by atoms with Crippen LogP contribution in [0.4, 0.5) is 0 Å². The molecule has 1 aliphatic rings. The van der Waals surface area contributed by atoms with E-state index in [0.29, 0.717) is 12.2 Å². The molecular formula is C20H20N2O. The van der Waals surface area contributed by atoms with Gasteiger partial charge in [-0.05, 0) is 41.8 Å². The van der Waals surface area contributed by atoms with Gasteiger partial charge in [0.05, 0.1) is 11.6 Å². The molecule has 23 heavy (non-hydrogen) atoms. The largest absolute Gasteiger partial charge is 0.492 e. The quantitative estimate of drug-likeness (QED) is 0.844. The van der Waals surface area contributed by atoms with Gasteiger partial charge in [-0.15, -0.1) is 0 Å². The van der Waals surface area contributed by atoms with Crippen LogP contribution in [0.3, 0.4) is 0 Å². The highest BCUT2D eigenvalue weighted by Gasteiger charge is 2.12. The van der Waals surface area contributed by atoms with Crippen molar-refractivity contribution in [3.8, 4) is 11.8 Å². The molecule has 2 aromatic carbocycles. The van der Waals surface area contributed by atoms with Crippen LogP contribution in [0.1, 0.15) is 17.5 Å². The first-order valence-corrected chi connectivity index (χ1v) is 7.95. The van der Waals surface area contributed by atoms with Crippen molar-refractivity contribution in [1.82, 2.24) is 4.90 Å². The number of hydrogen-bond acceptors (Lipinski definition) is 3. The second-order valence-electron chi connectivity index (χ2n) is 5.63. The lowest BCUT2D eigenvalue weighted by atomic mass is 10.00. The summed E-state index contributed by atoms with van der Waals surface area (Å²) in [5.74, 6) is 0.821. The fraction of sp³-hybridized carbons (Fsp3) is 0.250. The summed E-state index contributed by atoms with van der Waals surface area (Å²) >= 11 is 0. The predicted octanol–water partition coefficient (Wildman–Crippen LogP) is 3.73. The van der Waals surface area contributed by atoms with Crippen LogP contribution in [0.5, 0.6) is 5.75 Å². The van der Waals surface area contributed by atoms with Crippen LogP contribution in [-0.2, 0) is 0 Å². The molecule has 0 bridgehead atoms. The van der Waals surface area contributed by atoms with E-state index in [1.807, 2.05) is 12.1 Å². The van der Waals surface area contributed by atoms with Crippen molar-refractivity contribution in [2.24, 2.45) is 0 Å². The Hall–Kier alpha value is -2.57. The molecule has 0 atom stereocenters. The van der Waals surface area contributed by atoms with Crippen molar-refractivity contribution in [2.75, 3.05) is 26.2 Å². The Kier molecular flexibility index (Phi) is 5.08. The van der Waals surface area contributed by atoms with Crippen molar-refractivity contribution < 1.29 is 4.74 Å². The van der Waals surface area contributed by atoms with Crippen LogP contribution in [0.25, 0.3) is 5.57 Å². The fourth-order valence-corrected chi connectivity index (χ4v) is 2.75. The molecule has 1 aliphatic heterocycles. The lowest BCUT2D eigenvalue weighted by Crippen LogP contribution is -2.32. The van der Waals surface area contributed by atoms with E-state index in [2.05, 4.69) is 47.4 Å². The molecule has 0 saturated heterocycles. The van der Waals surface area contributed by atoms with Gasteiger partial charge >= 0.3 is 0 Å². The molecule has 0 radical (unpaired) electrons. The first-order chi connectivity index (χ1) is 11.3. The first-order valence-electron chi connectivity index (χ1n) is 7.95. The van der Waals surface area contributed by atoms with Gasteiger partial charge in [-0.3, -0.25) is 4.90 Å². The number of nitrogens with zero attached hydrogens (tertiary/aromatic N) is 2. The molecule has 3 rings (SSSR count). The lowest BCUT2D eigenvalue weighted by molar-refractivity contribution is 0.222. The standard InChI is InChI=1S/C20H20N2O/c21-16-17-6-8-20(9-7-17)23-15-14-22-12-10-19(11-13-22)18-4-2-1-3-5-18/h1-10H,11-15H2. The van der Waals surface area contributed by atoms with Crippen molar-refractivity contribution in [3.63, 3.8) is 0 Å². The van der Waals surface area contributed by atoms with Crippen molar-refractivity contribution >= 4 is 5.57 Å². The zero-order valence-corrected chi connectivity index (χ0v) is 13.1. The molecule has 0 aromatic heterocycles. The highest BCUT2D eigenvalue weighted by atomic mass is 16.5. The van der Waals surface area contributed by atoms with E-state index in [1.54, 1.807) is 12.1 Å². The summed E-state index contributed by atoms with van der Waals surface area (Å²) in [6, 6.07) is 20.0. The Labute approximate surface area is 137 Å². The summed E-state index contributed by atoms with van der Waals surface area (Å²) in [5.41, 5.74) is 3.43. The van der Waals surface area contributed by atoms with E-state index in [-0.39, 0.29) is 0 Å². The van der Waals surface area contributed by atoms with Gasteiger partial charge < -0.3 is 4.74 Å². The van der Waals surface area contributed by atoms with Crippen LogP contribution in [-0.4, -0.2) is 31.1 Å². The third-order valence-corrected chi connectivity index (χ3v) is 4.10. The molecule has 0 saturated carbocycles. The first kappa shape index (κ1) is 15.3. The molecule has 0 N–H and O–H groups in total. The average Bonchev–Trinajstić information content (AvgIpc) is 2.64. The third-order valence-electron chi connectivity index (χ3n) is 4.10. The minimum absolute atomic E-state index is 0.659. The maximum atomic E-state index is 8.78. The zero-order valence-electron chi connectivity index (χ0n) is 13.1. The Bertz CT molecular complexity index is 699. The van der Waals surface area contributed by atoms with Crippen molar-refractivity contribution in [3.05, 3.63) is 71.8 Å². The van der Waals surface area contributed by atoms with Crippen LogP contribution < -0.4 is 4.74 Å². The Morgan fingerprint density at radius 2 is 1.83 bits per heavy atom. The van der Waals surface area contributed by atoms with Gasteiger partial charge in [0, 0.05) is 19.6 Å². The van der Waals surface area contributed by atoms with E-state index in [0.717, 1.165) is 31.8 Å². The van der Waals surface area contributed by atoms with E-state index in [1.165, 1.54) is 11.1 Å². The Balaban J connectivity index is 1.45. The number of hydrogen-bond donors (Lipinski definition) is 0. The van der Waals surface area contributed by atoms with Gasteiger partial charge in [0.2, 0.25) is 0 Å². The monoisotopic (exact) mass is 304 g/mol. The average molecular weight is 304 g/mol. The number of benzene rings is 2. The SMILES string of the molecule is N#Cc1ccc(OCCN2CC=C(c3ccccc3)CC2)cc1. The summed E-state index contributed by atoms with van der Waals surface area (Å²) in [6.45, 7) is 3.62. The maximum Gasteiger partial charge on any atom is 0.119 e. The van der Waals surface area contributed by atoms with E-state index < -0.39 is 0 Å². The topological polar surface area (TPSA) is 36.3 Å². The molecule has 0 spiro atoms. The van der Waals surface area contributed by atoms with Crippen LogP contribution in [0.2, 0.25) is 0 Å². The number of nitriles is 1.